The molecule has 23 heavy (non-hydrogen) atoms. The quantitative estimate of drug-likeness (QED) is 0.811. The number of nitriles is 1. The van der Waals surface area contributed by atoms with Gasteiger partial charge in [0.05, 0.1) is 29.6 Å². The van der Waals surface area contributed by atoms with Crippen molar-refractivity contribution in [2.75, 3.05) is 0 Å². The zero-order chi connectivity index (χ0) is 16.4. The van der Waals surface area contributed by atoms with Gasteiger partial charge in [0, 0.05) is 17.7 Å². The van der Waals surface area contributed by atoms with E-state index in [0.717, 1.165) is 24.2 Å². The highest BCUT2D eigenvalue weighted by molar-refractivity contribution is 5.49. The van der Waals surface area contributed by atoms with Gasteiger partial charge in [-0.05, 0) is 29.7 Å². The summed E-state index contributed by atoms with van der Waals surface area (Å²) in [7, 11) is 0. The van der Waals surface area contributed by atoms with Gasteiger partial charge in [0.15, 0.2) is 5.65 Å². The second-order valence-corrected chi connectivity index (χ2v) is 7.54. The standard InChI is InChI=1S/C18H20N4O/c1-17(2)13-5-4-11-10-20-14-6-7-21-22(14)15(11)18(13,3)8-12(9-19)16(17)23/h6-8,10,13,16,23H,4-5H2,1-3H3/t13-,16?,18-/m0/s1. The molecule has 0 fully saturated rings. The number of aliphatic hydroxyl groups excluding tert-OH is 1. The second-order valence-electron chi connectivity index (χ2n) is 7.54. The molecule has 0 saturated carbocycles. The Morgan fingerprint density at radius 2 is 2.17 bits per heavy atom. The first kappa shape index (κ1) is 14.4. The van der Waals surface area contributed by atoms with E-state index in [2.05, 4.69) is 36.9 Å². The molecule has 2 aliphatic carbocycles. The topological polar surface area (TPSA) is 74.2 Å². The van der Waals surface area contributed by atoms with Crippen molar-refractivity contribution < 1.29 is 5.11 Å². The maximum absolute atomic E-state index is 10.6. The van der Waals surface area contributed by atoms with Crippen molar-refractivity contribution in [1.82, 2.24) is 14.6 Å². The molecule has 2 aromatic heterocycles. The van der Waals surface area contributed by atoms with Crippen molar-refractivity contribution >= 4 is 5.65 Å². The number of allylic oxidation sites excluding steroid dienone is 1. The molecule has 4 rings (SSSR count). The minimum atomic E-state index is -0.720. The molecular formula is C18H20N4O. The van der Waals surface area contributed by atoms with E-state index in [-0.39, 0.29) is 16.7 Å². The lowest BCUT2D eigenvalue weighted by molar-refractivity contribution is -0.0109. The Labute approximate surface area is 135 Å². The van der Waals surface area contributed by atoms with Gasteiger partial charge in [0.25, 0.3) is 0 Å². The van der Waals surface area contributed by atoms with Crippen LogP contribution in [0, 0.1) is 22.7 Å². The van der Waals surface area contributed by atoms with Crippen LogP contribution >= 0.6 is 0 Å². The first-order valence-electron chi connectivity index (χ1n) is 8.02. The minimum absolute atomic E-state index is 0.240. The highest BCUT2D eigenvalue weighted by atomic mass is 16.3. The molecule has 0 aromatic carbocycles. The van der Waals surface area contributed by atoms with Gasteiger partial charge < -0.3 is 5.11 Å². The highest BCUT2D eigenvalue weighted by Crippen LogP contribution is 2.55. The lowest BCUT2D eigenvalue weighted by Crippen LogP contribution is -2.53. The predicted molar refractivity (Wildman–Crippen MR) is 85.6 cm³/mol. The van der Waals surface area contributed by atoms with Crippen LogP contribution in [0.2, 0.25) is 0 Å². The maximum Gasteiger partial charge on any atom is 0.155 e. The summed E-state index contributed by atoms with van der Waals surface area (Å²) in [6.07, 6.45) is 6.83. The van der Waals surface area contributed by atoms with Crippen LogP contribution in [0.4, 0.5) is 0 Å². The summed E-state index contributed by atoms with van der Waals surface area (Å²) in [5.41, 5.74) is 2.86. The first-order chi connectivity index (χ1) is 10.9. The van der Waals surface area contributed by atoms with E-state index in [1.165, 1.54) is 5.56 Å². The smallest absolute Gasteiger partial charge is 0.155 e. The Kier molecular flexibility index (Phi) is 2.77. The number of aryl methyl sites for hydroxylation is 1. The molecule has 118 valence electrons. The molecular weight excluding hydrogens is 288 g/mol. The van der Waals surface area contributed by atoms with Gasteiger partial charge in [-0.1, -0.05) is 26.8 Å². The molecule has 0 saturated heterocycles. The predicted octanol–water partition coefficient (Wildman–Crippen LogP) is 2.40. The highest BCUT2D eigenvalue weighted by Gasteiger charge is 2.54. The van der Waals surface area contributed by atoms with E-state index >= 15 is 0 Å². The molecule has 5 nitrogen and oxygen atoms in total. The average Bonchev–Trinajstić information content (AvgIpc) is 2.99. The molecule has 0 bridgehead atoms. The van der Waals surface area contributed by atoms with Gasteiger partial charge >= 0.3 is 0 Å². The summed E-state index contributed by atoms with van der Waals surface area (Å²) in [6, 6.07) is 4.10. The molecule has 3 atom stereocenters. The lowest BCUT2D eigenvalue weighted by Gasteiger charge is -2.53. The number of hydrogen-bond donors (Lipinski definition) is 1. The Bertz CT molecular complexity index is 873. The van der Waals surface area contributed by atoms with Crippen LogP contribution < -0.4 is 0 Å². The third-order valence-corrected chi connectivity index (χ3v) is 5.91. The molecule has 0 spiro atoms. The number of fused-ring (bicyclic) bond motifs is 5. The zero-order valence-electron chi connectivity index (χ0n) is 13.6. The molecule has 2 aliphatic rings. The van der Waals surface area contributed by atoms with Gasteiger partial charge in [-0.25, -0.2) is 9.50 Å². The average molecular weight is 308 g/mol. The molecule has 2 heterocycles. The molecule has 0 radical (unpaired) electrons. The Morgan fingerprint density at radius 3 is 2.91 bits per heavy atom. The van der Waals surface area contributed by atoms with Crippen molar-refractivity contribution in [3.63, 3.8) is 0 Å². The van der Waals surface area contributed by atoms with Gasteiger partial charge in [-0.2, -0.15) is 10.4 Å². The normalized spacial score (nSPS) is 31.9. The third-order valence-electron chi connectivity index (χ3n) is 5.91. The van der Waals surface area contributed by atoms with Gasteiger partial charge in [-0.3, -0.25) is 0 Å². The summed E-state index contributed by atoms with van der Waals surface area (Å²) in [5.74, 6) is 0.240. The summed E-state index contributed by atoms with van der Waals surface area (Å²) in [5, 5.41) is 24.6. The summed E-state index contributed by atoms with van der Waals surface area (Å²) < 4.78 is 1.90. The van der Waals surface area contributed by atoms with E-state index in [9.17, 15) is 10.4 Å². The van der Waals surface area contributed by atoms with Crippen LogP contribution in [-0.2, 0) is 11.8 Å². The largest absolute Gasteiger partial charge is 0.387 e. The summed E-state index contributed by atoms with van der Waals surface area (Å²) in [6.45, 7) is 6.30. The summed E-state index contributed by atoms with van der Waals surface area (Å²) in [4.78, 5) is 4.48. The van der Waals surface area contributed by atoms with Crippen LogP contribution in [0.15, 0.2) is 30.1 Å². The third kappa shape index (κ3) is 1.70. The second kappa shape index (κ2) is 4.42. The van der Waals surface area contributed by atoms with Crippen molar-refractivity contribution in [2.45, 2.75) is 45.1 Å². The van der Waals surface area contributed by atoms with Gasteiger partial charge in [-0.15, -0.1) is 0 Å². The van der Waals surface area contributed by atoms with Crippen molar-refractivity contribution in [2.24, 2.45) is 11.3 Å². The number of rotatable bonds is 0. The molecule has 0 aliphatic heterocycles. The van der Waals surface area contributed by atoms with Crippen LogP contribution in [0.1, 0.15) is 38.4 Å². The maximum atomic E-state index is 10.6. The Balaban J connectivity index is 2.07. The number of nitrogens with zero attached hydrogens (tertiary/aromatic N) is 4. The summed E-state index contributed by atoms with van der Waals surface area (Å²) >= 11 is 0. The fourth-order valence-corrected chi connectivity index (χ4v) is 4.83. The molecule has 2 aromatic rings. The molecule has 5 heteroatoms. The first-order valence-corrected chi connectivity index (χ1v) is 8.02. The van der Waals surface area contributed by atoms with Crippen molar-refractivity contribution in [3.05, 3.63) is 41.4 Å². The zero-order valence-corrected chi connectivity index (χ0v) is 13.6. The molecule has 1 unspecified atom stereocenters. The number of aliphatic hydroxyl groups is 1. The Hall–Kier alpha value is -2.19. The molecule has 1 N–H and O–H groups in total. The minimum Gasteiger partial charge on any atom is -0.387 e. The van der Waals surface area contributed by atoms with Crippen LogP contribution in [0.5, 0.6) is 0 Å². The fraction of sp³-hybridized carbons (Fsp3) is 0.500. The SMILES string of the molecule is CC1(C)C(O)C(C#N)=C[C@]2(C)c3c(cnc4ccnn34)CC[C@@H]12. The van der Waals surface area contributed by atoms with E-state index in [0.29, 0.717) is 5.57 Å². The van der Waals surface area contributed by atoms with E-state index in [4.69, 9.17) is 0 Å². The van der Waals surface area contributed by atoms with Gasteiger partial charge in [0.1, 0.15) is 0 Å². The van der Waals surface area contributed by atoms with Crippen LogP contribution in [0.3, 0.4) is 0 Å². The Morgan fingerprint density at radius 1 is 1.39 bits per heavy atom. The number of hydrogen-bond acceptors (Lipinski definition) is 4. The monoisotopic (exact) mass is 308 g/mol. The van der Waals surface area contributed by atoms with Crippen LogP contribution in [0.25, 0.3) is 5.65 Å². The fourth-order valence-electron chi connectivity index (χ4n) is 4.83. The van der Waals surface area contributed by atoms with Crippen LogP contribution in [-0.4, -0.2) is 25.8 Å². The lowest BCUT2D eigenvalue weighted by atomic mass is 9.52. The van der Waals surface area contributed by atoms with E-state index < -0.39 is 6.10 Å². The van der Waals surface area contributed by atoms with Crippen molar-refractivity contribution in [1.29, 1.82) is 5.26 Å². The molecule has 0 amide bonds. The van der Waals surface area contributed by atoms with E-state index in [1.807, 2.05) is 22.9 Å². The van der Waals surface area contributed by atoms with Gasteiger partial charge in [0.2, 0.25) is 0 Å². The number of aromatic nitrogens is 3. The van der Waals surface area contributed by atoms with Crippen molar-refractivity contribution in [3.8, 4) is 6.07 Å². The van der Waals surface area contributed by atoms with E-state index in [1.54, 1.807) is 6.20 Å².